The maximum atomic E-state index is 14.2. The fourth-order valence-electron chi connectivity index (χ4n) is 8.14. The van der Waals surface area contributed by atoms with Crippen LogP contribution in [0.3, 0.4) is 0 Å². The first kappa shape index (κ1) is 33.6. The Balaban J connectivity index is 1.42. The van der Waals surface area contributed by atoms with E-state index in [0.29, 0.717) is 24.4 Å². The molecule has 1 amide bonds. The third-order valence-electron chi connectivity index (χ3n) is 10.5. The minimum Gasteiger partial charge on any atom is -0.508 e. The summed E-state index contributed by atoms with van der Waals surface area (Å²) in [6.45, 7) is 4.74. The Morgan fingerprint density at radius 1 is 1.06 bits per heavy atom. The fraction of sp³-hybridized carbons (Fsp3) is 0.457. The average Bonchev–Trinajstić information content (AvgIpc) is 3.03. The van der Waals surface area contributed by atoms with E-state index in [1.54, 1.807) is 27.3 Å². The number of likely N-dealkylation sites (N-methyl/N-ethyl adjacent to an activating group) is 1. The van der Waals surface area contributed by atoms with E-state index < -0.39 is 58.0 Å². The molecule has 2 aromatic rings. The van der Waals surface area contributed by atoms with Crippen LogP contribution in [-0.4, -0.2) is 130 Å². The zero-order valence-corrected chi connectivity index (χ0v) is 27.3. The van der Waals surface area contributed by atoms with Crippen molar-refractivity contribution in [3.63, 3.8) is 0 Å². The highest BCUT2D eigenvalue weighted by Crippen LogP contribution is 2.53. The molecule has 1 saturated carbocycles. The second kappa shape index (κ2) is 12.6. The van der Waals surface area contributed by atoms with Crippen LogP contribution in [0.1, 0.15) is 23.1 Å². The van der Waals surface area contributed by atoms with Gasteiger partial charge in [-0.2, -0.15) is 0 Å². The van der Waals surface area contributed by atoms with Gasteiger partial charge in [0, 0.05) is 56.3 Å². The number of ketones is 2. The molecule has 2 aromatic carbocycles. The summed E-state index contributed by atoms with van der Waals surface area (Å²) in [7, 11) is 4.75. The lowest BCUT2D eigenvalue weighted by Crippen LogP contribution is -2.65. The first-order valence-corrected chi connectivity index (χ1v) is 16.1. The van der Waals surface area contributed by atoms with Crippen molar-refractivity contribution in [3.8, 4) is 22.6 Å². The summed E-state index contributed by atoms with van der Waals surface area (Å²) in [5.74, 6) is -6.13. The van der Waals surface area contributed by atoms with E-state index in [1.807, 2.05) is 18.2 Å². The van der Waals surface area contributed by atoms with Crippen LogP contribution in [0.15, 0.2) is 47.2 Å². The molecule has 0 unspecified atom stereocenters. The van der Waals surface area contributed by atoms with Gasteiger partial charge in [-0.25, -0.2) is 0 Å². The number of carbonyl (C=O) groups is 3. The van der Waals surface area contributed by atoms with E-state index in [2.05, 4.69) is 9.80 Å². The molecule has 13 heteroatoms. The summed E-state index contributed by atoms with van der Waals surface area (Å²) >= 11 is 0. The van der Waals surface area contributed by atoms with Gasteiger partial charge in [-0.15, -0.1) is 0 Å². The van der Waals surface area contributed by atoms with Crippen LogP contribution in [0.5, 0.6) is 11.5 Å². The summed E-state index contributed by atoms with van der Waals surface area (Å²) in [5, 5.41) is 54.9. The number of piperazine rings is 1. The molecule has 48 heavy (non-hydrogen) atoms. The van der Waals surface area contributed by atoms with Gasteiger partial charge in [0.1, 0.15) is 28.6 Å². The highest BCUT2D eigenvalue weighted by Gasteiger charge is 2.64. The van der Waals surface area contributed by atoms with Crippen molar-refractivity contribution in [3.05, 3.63) is 63.9 Å². The van der Waals surface area contributed by atoms with E-state index in [1.165, 1.54) is 11.0 Å². The topological polar surface area (TPSA) is 197 Å². The number of aliphatic hydroxyl groups excluding tert-OH is 3. The Morgan fingerprint density at radius 2 is 1.75 bits per heavy atom. The van der Waals surface area contributed by atoms with Crippen LogP contribution in [0.4, 0.5) is 0 Å². The Kier molecular flexibility index (Phi) is 8.85. The molecule has 7 N–H and O–H groups in total. The number of nitrogens with zero attached hydrogens (tertiary/aromatic N) is 3. The summed E-state index contributed by atoms with van der Waals surface area (Å²) < 4.78 is 5.69. The van der Waals surface area contributed by atoms with Crippen LogP contribution in [0.25, 0.3) is 16.9 Å². The molecule has 4 atom stereocenters. The lowest BCUT2D eigenvalue weighted by molar-refractivity contribution is -0.153. The standard InChI is InChI=1S/C35H42N4O9/c1-37(2)29-23-16-19-15-22-21(18-4-7-25(48-3)20(14-18)17-39-10-8-38(9-11-39)12-13-40)5-6-24(41)27(22)30(42)26(19)32(44)35(23,47)33(45)28(31(29)43)34(36)46/h4-7,14,19,23,29,40-42,45,47H,8-13,15-17H2,1-3H3,(H2,36,46)/t19-,23+,29-,35+/m1/s1. The van der Waals surface area contributed by atoms with Crippen molar-refractivity contribution in [2.75, 3.05) is 60.5 Å². The van der Waals surface area contributed by atoms with Gasteiger partial charge in [-0.1, -0.05) is 12.1 Å². The van der Waals surface area contributed by atoms with Crippen molar-refractivity contribution >= 4 is 23.2 Å². The SMILES string of the molecule is COc1ccc(-c2ccc(O)c3c2C[C@@H]2C[C@H]4[C@@H](N(C)C)C(=O)C(C(N)=O)=C(O)[C@@]4(O)C(=O)C2=C3O)cc1CN1CCN(CCO)CC1. The largest absolute Gasteiger partial charge is 0.508 e. The van der Waals surface area contributed by atoms with Gasteiger partial charge in [0.05, 0.1) is 25.3 Å². The van der Waals surface area contributed by atoms with Gasteiger partial charge in [-0.05, 0) is 67.7 Å². The van der Waals surface area contributed by atoms with E-state index >= 15 is 0 Å². The quantitative estimate of drug-likeness (QED) is 0.217. The zero-order valence-electron chi connectivity index (χ0n) is 27.3. The molecule has 0 radical (unpaired) electrons. The van der Waals surface area contributed by atoms with Crippen molar-refractivity contribution in [1.82, 2.24) is 14.7 Å². The molecule has 0 spiro atoms. The summed E-state index contributed by atoms with van der Waals surface area (Å²) in [5.41, 5.74) is 4.81. The number of fused-ring (bicyclic) bond motifs is 3. The number of benzene rings is 2. The molecular weight excluding hydrogens is 620 g/mol. The number of rotatable bonds is 8. The van der Waals surface area contributed by atoms with Gasteiger partial charge in [-0.3, -0.25) is 29.1 Å². The predicted molar refractivity (Wildman–Crippen MR) is 175 cm³/mol. The summed E-state index contributed by atoms with van der Waals surface area (Å²) in [6, 6.07) is 7.83. The normalized spacial score (nSPS) is 26.4. The summed E-state index contributed by atoms with van der Waals surface area (Å²) in [4.78, 5) is 45.8. The van der Waals surface area contributed by atoms with Crippen molar-refractivity contribution in [1.29, 1.82) is 0 Å². The van der Waals surface area contributed by atoms with Gasteiger partial charge in [0.25, 0.3) is 5.91 Å². The molecule has 6 rings (SSSR count). The van der Waals surface area contributed by atoms with E-state index in [9.17, 15) is 39.9 Å². The Morgan fingerprint density at radius 3 is 2.38 bits per heavy atom. The number of phenols is 1. The number of amides is 1. The first-order valence-electron chi connectivity index (χ1n) is 16.1. The maximum absolute atomic E-state index is 14.2. The van der Waals surface area contributed by atoms with Crippen molar-refractivity contribution in [2.45, 2.75) is 31.0 Å². The number of aliphatic hydroxyl groups is 4. The Bertz CT molecular complexity index is 1740. The van der Waals surface area contributed by atoms with Gasteiger partial charge >= 0.3 is 0 Å². The van der Waals surface area contributed by atoms with E-state index in [-0.39, 0.29) is 36.3 Å². The van der Waals surface area contributed by atoms with Gasteiger partial charge in [0.15, 0.2) is 11.4 Å². The monoisotopic (exact) mass is 662 g/mol. The molecule has 1 aliphatic heterocycles. The molecule has 13 nitrogen and oxygen atoms in total. The van der Waals surface area contributed by atoms with Crippen LogP contribution in [0, 0.1) is 11.8 Å². The van der Waals surface area contributed by atoms with Crippen LogP contribution in [-0.2, 0) is 27.3 Å². The number of methoxy groups -OCH3 is 1. The van der Waals surface area contributed by atoms with Gasteiger partial charge in [0.2, 0.25) is 5.78 Å². The smallest absolute Gasteiger partial charge is 0.255 e. The molecule has 3 aliphatic carbocycles. The van der Waals surface area contributed by atoms with Gasteiger partial charge < -0.3 is 36.0 Å². The lowest BCUT2D eigenvalue weighted by Gasteiger charge is -2.50. The number of phenolic OH excluding ortho intramolecular Hbond substituents is 1. The highest BCUT2D eigenvalue weighted by atomic mass is 16.5. The summed E-state index contributed by atoms with van der Waals surface area (Å²) in [6.07, 6.45) is 0.198. The third-order valence-corrected chi connectivity index (χ3v) is 10.5. The minimum absolute atomic E-state index is 0.0109. The number of β-amino-alcohol motifs (C(OH)–C–C–N with tert-alkyl or cyclic N) is 1. The number of carbonyl (C=O) groups excluding carboxylic acids is 3. The molecule has 1 heterocycles. The van der Waals surface area contributed by atoms with Crippen LogP contribution < -0.4 is 10.5 Å². The first-order chi connectivity index (χ1) is 22.8. The molecule has 0 aromatic heterocycles. The second-order valence-corrected chi connectivity index (χ2v) is 13.3. The molecular formula is C35H42N4O9. The van der Waals surface area contributed by atoms with Crippen LogP contribution in [0.2, 0.25) is 0 Å². The number of ether oxygens (including phenoxy) is 1. The predicted octanol–water partition coefficient (Wildman–Crippen LogP) is 0.750. The fourth-order valence-corrected chi connectivity index (χ4v) is 8.14. The lowest BCUT2D eigenvalue weighted by atomic mass is 9.57. The third kappa shape index (κ3) is 5.26. The number of primary amides is 1. The second-order valence-electron chi connectivity index (χ2n) is 13.3. The Labute approximate surface area is 278 Å². The van der Waals surface area contributed by atoms with E-state index in [0.717, 1.165) is 42.9 Å². The average molecular weight is 663 g/mol. The number of Topliss-reactive ketones (excluding diaryl/α,β-unsaturated/α-hetero) is 2. The zero-order chi connectivity index (χ0) is 34.7. The number of aromatic hydroxyl groups is 1. The molecule has 1 saturated heterocycles. The highest BCUT2D eigenvalue weighted by molar-refractivity contribution is 6.24. The van der Waals surface area contributed by atoms with Crippen molar-refractivity contribution < 1.29 is 44.7 Å². The maximum Gasteiger partial charge on any atom is 0.255 e. The molecule has 4 aliphatic rings. The van der Waals surface area contributed by atoms with Crippen LogP contribution >= 0.6 is 0 Å². The molecule has 2 fully saturated rings. The number of hydrogen-bond acceptors (Lipinski definition) is 12. The molecule has 256 valence electrons. The number of nitrogens with two attached hydrogens (primary N) is 1. The van der Waals surface area contributed by atoms with Crippen molar-refractivity contribution in [2.24, 2.45) is 17.6 Å². The number of hydrogen-bond donors (Lipinski definition) is 6. The molecule has 0 bridgehead atoms. The Hall–Kier alpha value is -4.27. The van der Waals surface area contributed by atoms with E-state index in [4.69, 9.17) is 10.5 Å². The minimum atomic E-state index is -2.69.